The van der Waals surface area contributed by atoms with E-state index < -0.39 is 0 Å². The Labute approximate surface area is 118 Å². The van der Waals surface area contributed by atoms with Crippen molar-refractivity contribution in [1.82, 2.24) is 10.4 Å². The van der Waals surface area contributed by atoms with E-state index in [-0.39, 0.29) is 5.91 Å². The van der Waals surface area contributed by atoms with Gasteiger partial charge in [0.1, 0.15) is 0 Å². The van der Waals surface area contributed by atoms with E-state index in [4.69, 9.17) is 0 Å². The maximum absolute atomic E-state index is 11.8. The highest BCUT2D eigenvalue weighted by atomic mass is 16.2. The molecule has 0 radical (unpaired) electrons. The number of amides is 1. The highest BCUT2D eigenvalue weighted by molar-refractivity contribution is 5.95. The topological polar surface area (TPSA) is 54.4 Å². The van der Waals surface area contributed by atoms with Crippen LogP contribution in [0.4, 0.5) is 0 Å². The van der Waals surface area contributed by atoms with E-state index in [9.17, 15) is 4.79 Å². The number of rotatable bonds is 5. The number of hydrazone groups is 1. The smallest absolute Gasteiger partial charge is 0.267 e. The number of aromatic nitrogens is 1. The number of nitrogens with zero attached hydrogens (tertiary/aromatic N) is 2. The average molecular weight is 267 g/mol. The molecule has 0 saturated heterocycles. The van der Waals surface area contributed by atoms with Gasteiger partial charge in [0, 0.05) is 23.7 Å². The van der Waals surface area contributed by atoms with E-state index in [1.54, 1.807) is 24.5 Å². The summed E-state index contributed by atoms with van der Waals surface area (Å²) in [5.74, 6) is -0.216. The summed E-state index contributed by atoms with van der Waals surface area (Å²) in [4.78, 5) is 15.6. The summed E-state index contributed by atoms with van der Waals surface area (Å²) in [6.45, 7) is 1.91. The van der Waals surface area contributed by atoms with Crippen LogP contribution in [0.15, 0.2) is 60.0 Å². The van der Waals surface area contributed by atoms with Gasteiger partial charge in [-0.25, -0.2) is 5.43 Å². The summed E-state index contributed by atoms with van der Waals surface area (Å²) in [7, 11) is 0. The number of carbonyl (C=O) groups excluding carboxylic acids is 1. The molecule has 0 aliphatic heterocycles. The van der Waals surface area contributed by atoms with Crippen molar-refractivity contribution < 1.29 is 4.79 Å². The number of aryl methyl sites for hydroxylation is 1. The number of pyridine rings is 1. The zero-order chi connectivity index (χ0) is 14.2. The van der Waals surface area contributed by atoms with Crippen LogP contribution in [-0.4, -0.2) is 16.6 Å². The first kappa shape index (κ1) is 13.9. The van der Waals surface area contributed by atoms with Crippen molar-refractivity contribution in [1.29, 1.82) is 0 Å². The van der Waals surface area contributed by atoms with Crippen LogP contribution < -0.4 is 5.43 Å². The van der Waals surface area contributed by atoms with E-state index in [2.05, 4.69) is 27.6 Å². The van der Waals surface area contributed by atoms with Crippen LogP contribution in [-0.2, 0) is 6.42 Å². The molecule has 4 heteroatoms. The van der Waals surface area contributed by atoms with Crippen molar-refractivity contribution >= 4 is 11.6 Å². The molecular formula is C16H17N3O. The maximum Gasteiger partial charge on any atom is 0.271 e. The second-order valence-electron chi connectivity index (χ2n) is 4.51. The molecule has 1 amide bonds. The van der Waals surface area contributed by atoms with Crippen LogP contribution in [0.25, 0.3) is 0 Å². The molecule has 0 spiro atoms. The Morgan fingerprint density at radius 1 is 1.15 bits per heavy atom. The number of benzene rings is 1. The fraction of sp³-hybridized carbons (Fsp3) is 0.188. The Kier molecular flexibility index (Phi) is 5.00. The molecule has 0 unspecified atom stereocenters. The van der Waals surface area contributed by atoms with Crippen LogP contribution in [0.5, 0.6) is 0 Å². The SMILES string of the molecule is C/C(CCc1ccccc1)=N\NC(=O)c1ccncc1. The third-order valence-corrected chi connectivity index (χ3v) is 2.91. The standard InChI is InChI=1S/C16H17N3O/c1-13(7-8-14-5-3-2-4-6-14)18-19-16(20)15-9-11-17-12-10-15/h2-6,9-12H,7-8H2,1H3,(H,19,20)/b18-13+. The van der Waals surface area contributed by atoms with Gasteiger partial charge in [-0.05, 0) is 37.5 Å². The molecule has 0 fully saturated rings. The summed E-state index contributed by atoms with van der Waals surface area (Å²) < 4.78 is 0. The lowest BCUT2D eigenvalue weighted by Gasteiger charge is -2.03. The zero-order valence-electron chi connectivity index (χ0n) is 11.4. The zero-order valence-corrected chi connectivity index (χ0v) is 11.4. The van der Waals surface area contributed by atoms with E-state index in [0.717, 1.165) is 18.6 Å². The number of hydrogen-bond donors (Lipinski definition) is 1. The van der Waals surface area contributed by atoms with Crippen molar-refractivity contribution in [3.8, 4) is 0 Å². The highest BCUT2D eigenvalue weighted by Gasteiger charge is 2.03. The molecule has 0 saturated carbocycles. The van der Waals surface area contributed by atoms with Crippen LogP contribution >= 0.6 is 0 Å². The van der Waals surface area contributed by atoms with Gasteiger partial charge in [-0.3, -0.25) is 9.78 Å². The summed E-state index contributed by atoms with van der Waals surface area (Å²) in [5, 5.41) is 4.11. The predicted octanol–water partition coefficient (Wildman–Crippen LogP) is 2.82. The molecule has 1 aromatic carbocycles. The average Bonchev–Trinajstić information content (AvgIpc) is 2.52. The van der Waals surface area contributed by atoms with Gasteiger partial charge >= 0.3 is 0 Å². The summed E-state index contributed by atoms with van der Waals surface area (Å²) in [6, 6.07) is 13.5. The van der Waals surface area contributed by atoms with Gasteiger partial charge in [0.2, 0.25) is 0 Å². The van der Waals surface area contributed by atoms with Gasteiger partial charge < -0.3 is 0 Å². The molecule has 2 aromatic rings. The molecular weight excluding hydrogens is 250 g/mol. The van der Waals surface area contributed by atoms with E-state index in [0.29, 0.717) is 5.56 Å². The number of nitrogens with one attached hydrogen (secondary N) is 1. The molecule has 0 aliphatic rings. The van der Waals surface area contributed by atoms with Crippen molar-refractivity contribution in [2.75, 3.05) is 0 Å². The second-order valence-corrected chi connectivity index (χ2v) is 4.51. The molecule has 0 aliphatic carbocycles. The van der Waals surface area contributed by atoms with Gasteiger partial charge in [-0.1, -0.05) is 30.3 Å². The Bertz CT molecular complexity index is 579. The predicted molar refractivity (Wildman–Crippen MR) is 79.6 cm³/mol. The van der Waals surface area contributed by atoms with Gasteiger partial charge in [0.25, 0.3) is 5.91 Å². The van der Waals surface area contributed by atoms with Gasteiger partial charge in [-0.15, -0.1) is 0 Å². The molecule has 20 heavy (non-hydrogen) atoms. The normalized spacial score (nSPS) is 11.2. The lowest BCUT2D eigenvalue weighted by Crippen LogP contribution is -2.19. The van der Waals surface area contributed by atoms with E-state index in [1.165, 1.54) is 5.56 Å². The van der Waals surface area contributed by atoms with Crippen molar-refractivity contribution in [2.45, 2.75) is 19.8 Å². The molecule has 0 bridgehead atoms. The Morgan fingerprint density at radius 3 is 2.55 bits per heavy atom. The molecule has 1 heterocycles. The monoisotopic (exact) mass is 267 g/mol. The molecule has 102 valence electrons. The Morgan fingerprint density at radius 2 is 1.85 bits per heavy atom. The third-order valence-electron chi connectivity index (χ3n) is 2.91. The van der Waals surface area contributed by atoms with Gasteiger partial charge in [0.05, 0.1) is 0 Å². The van der Waals surface area contributed by atoms with Crippen molar-refractivity contribution in [3.05, 3.63) is 66.0 Å². The maximum atomic E-state index is 11.8. The fourth-order valence-electron chi connectivity index (χ4n) is 1.74. The van der Waals surface area contributed by atoms with Gasteiger partial charge in [-0.2, -0.15) is 5.10 Å². The van der Waals surface area contributed by atoms with E-state index in [1.807, 2.05) is 25.1 Å². The van der Waals surface area contributed by atoms with Crippen LogP contribution in [0.2, 0.25) is 0 Å². The minimum Gasteiger partial charge on any atom is -0.267 e. The van der Waals surface area contributed by atoms with E-state index >= 15 is 0 Å². The lowest BCUT2D eigenvalue weighted by molar-refractivity contribution is 0.0954. The minimum atomic E-state index is -0.216. The third kappa shape index (κ3) is 4.31. The van der Waals surface area contributed by atoms with Crippen molar-refractivity contribution in [2.24, 2.45) is 5.10 Å². The van der Waals surface area contributed by atoms with Crippen LogP contribution in [0.1, 0.15) is 29.3 Å². The molecule has 0 atom stereocenters. The second kappa shape index (κ2) is 7.19. The van der Waals surface area contributed by atoms with Crippen molar-refractivity contribution in [3.63, 3.8) is 0 Å². The largest absolute Gasteiger partial charge is 0.271 e. The molecule has 4 nitrogen and oxygen atoms in total. The summed E-state index contributed by atoms with van der Waals surface area (Å²) >= 11 is 0. The first-order chi connectivity index (χ1) is 9.75. The van der Waals surface area contributed by atoms with Crippen LogP contribution in [0.3, 0.4) is 0 Å². The molecule has 2 rings (SSSR count). The van der Waals surface area contributed by atoms with Crippen LogP contribution in [0, 0.1) is 0 Å². The van der Waals surface area contributed by atoms with Gasteiger partial charge in [0.15, 0.2) is 0 Å². The molecule has 1 aromatic heterocycles. The molecule has 1 N–H and O–H groups in total. The minimum absolute atomic E-state index is 0.216. The fourth-order valence-corrected chi connectivity index (χ4v) is 1.74. The highest BCUT2D eigenvalue weighted by Crippen LogP contribution is 2.03. The summed E-state index contributed by atoms with van der Waals surface area (Å²) in [6.07, 6.45) is 4.91. The number of carbonyl (C=O) groups is 1. The Balaban J connectivity index is 1.84. The lowest BCUT2D eigenvalue weighted by atomic mass is 10.1. The number of hydrogen-bond acceptors (Lipinski definition) is 3. The summed E-state index contributed by atoms with van der Waals surface area (Å²) in [5.41, 5.74) is 5.28. The first-order valence-corrected chi connectivity index (χ1v) is 6.53. The first-order valence-electron chi connectivity index (χ1n) is 6.53. The Hall–Kier alpha value is -2.49. The quantitative estimate of drug-likeness (QED) is 0.669.